The van der Waals surface area contributed by atoms with Crippen LogP contribution in [0.4, 0.5) is 0 Å². The number of hydrogen-bond acceptors (Lipinski definition) is 2. The molecule has 0 aliphatic heterocycles. The van der Waals surface area contributed by atoms with Gasteiger partial charge in [0.1, 0.15) is 0 Å². The largest absolute Gasteiger partial charge is 0.384 e. The van der Waals surface area contributed by atoms with Crippen molar-refractivity contribution in [1.82, 2.24) is 0 Å². The highest BCUT2D eigenvalue weighted by atomic mass is 32.2. The van der Waals surface area contributed by atoms with E-state index < -0.39 is 10.8 Å². The second-order valence-corrected chi connectivity index (χ2v) is 5.92. The zero-order valence-corrected chi connectivity index (χ0v) is 11.8. The van der Waals surface area contributed by atoms with Crippen LogP contribution in [0, 0.1) is 0 Å². The van der Waals surface area contributed by atoms with Crippen LogP contribution in [-0.2, 0) is 15.5 Å². The van der Waals surface area contributed by atoms with E-state index in [9.17, 15) is 4.21 Å². The van der Waals surface area contributed by atoms with Crippen LogP contribution < -0.4 is 0 Å². The smallest absolute Gasteiger partial charge is 0.0847 e. The van der Waals surface area contributed by atoms with Crippen molar-refractivity contribution in [1.29, 1.82) is 0 Å². The van der Waals surface area contributed by atoms with E-state index in [-0.39, 0.29) is 5.25 Å². The highest BCUT2D eigenvalue weighted by molar-refractivity contribution is 7.85. The topological polar surface area (TPSA) is 26.3 Å². The molecule has 0 fully saturated rings. The fraction of sp³-hybridized carbons (Fsp3) is 0.250. The van der Waals surface area contributed by atoms with E-state index in [4.69, 9.17) is 4.74 Å². The molecule has 0 heterocycles. The van der Waals surface area contributed by atoms with Crippen LogP contribution >= 0.6 is 0 Å². The first-order chi connectivity index (χ1) is 9.33. The second-order valence-electron chi connectivity index (χ2n) is 4.28. The summed E-state index contributed by atoms with van der Waals surface area (Å²) in [5.41, 5.74) is 2.17. The van der Waals surface area contributed by atoms with Gasteiger partial charge < -0.3 is 4.74 Å². The Balaban J connectivity index is 2.31. The van der Waals surface area contributed by atoms with Gasteiger partial charge in [-0.05, 0) is 11.1 Å². The molecule has 100 valence electrons. The quantitative estimate of drug-likeness (QED) is 0.808. The first kappa shape index (κ1) is 14.0. The molecule has 0 saturated carbocycles. The van der Waals surface area contributed by atoms with Gasteiger partial charge in [0.15, 0.2) is 0 Å². The van der Waals surface area contributed by atoms with Gasteiger partial charge in [-0.1, -0.05) is 60.7 Å². The monoisotopic (exact) mass is 274 g/mol. The van der Waals surface area contributed by atoms with E-state index in [0.29, 0.717) is 12.4 Å². The summed E-state index contributed by atoms with van der Waals surface area (Å²) in [6.07, 6.45) is 0. The van der Waals surface area contributed by atoms with Crippen molar-refractivity contribution in [3.63, 3.8) is 0 Å². The van der Waals surface area contributed by atoms with Crippen LogP contribution in [0.15, 0.2) is 60.7 Å². The molecule has 0 amide bonds. The Morgan fingerprint density at radius 2 is 1.42 bits per heavy atom. The van der Waals surface area contributed by atoms with Gasteiger partial charge in [0.25, 0.3) is 0 Å². The summed E-state index contributed by atoms with van der Waals surface area (Å²) in [4.78, 5) is 0. The van der Waals surface area contributed by atoms with E-state index >= 15 is 0 Å². The fourth-order valence-electron chi connectivity index (χ4n) is 2.03. The molecule has 0 saturated heterocycles. The lowest BCUT2D eigenvalue weighted by Crippen LogP contribution is -2.14. The van der Waals surface area contributed by atoms with E-state index in [2.05, 4.69) is 0 Å². The van der Waals surface area contributed by atoms with E-state index in [0.717, 1.165) is 11.1 Å². The third-order valence-electron chi connectivity index (χ3n) is 2.96. The normalized spacial score (nSPS) is 12.5. The maximum absolute atomic E-state index is 12.5. The average Bonchev–Trinajstić information content (AvgIpc) is 2.47. The van der Waals surface area contributed by atoms with Crippen LogP contribution in [0.1, 0.15) is 16.4 Å². The Bertz CT molecular complexity index is 471. The molecule has 19 heavy (non-hydrogen) atoms. The zero-order chi connectivity index (χ0) is 13.5. The molecule has 3 heteroatoms. The molecule has 1 atom stereocenters. The van der Waals surface area contributed by atoms with Crippen LogP contribution in [0.5, 0.6) is 0 Å². The molecule has 2 rings (SSSR count). The molecular weight excluding hydrogens is 256 g/mol. The average molecular weight is 274 g/mol. The van der Waals surface area contributed by atoms with Gasteiger partial charge in [-0.3, -0.25) is 4.21 Å². The Hall–Kier alpha value is -1.45. The Labute approximate surface area is 116 Å². The molecule has 0 bridgehead atoms. The van der Waals surface area contributed by atoms with Gasteiger partial charge in [-0.2, -0.15) is 0 Å². The van der Waals surface area contributed by atoms with Crippen LogP contribution in [0.3, 0.4) is 0 Å². The van der Waals surface area contributed by atoms with Crippen LogP contribution in [0.25, 0.3) is 0 Å². The molecule has 0 unspecified atom stereocenters. The predicted molar refractivity (Wildman–Crippen MR) is 79.6 cm³/mol. The van der Waals surface area contributed by atoms with Gasteiger partial charge in [0, 0.05) is 23.7 Å². The first-order valence-electron chi connectivity index (χ1n) is 6.29. The molecular formula is C16H18O2S. The number of rotatable bonds is 6. The van der Waals surface area contributed by atoms with Crippen LogP contribution in [0.2, 0.25) is 0 Å². The van der Waals surface area contributed by atoms with Crippen LogP contribution in [-0.4, -0.2) is 23.7 Å². The summed E-state index contributed by atoms with van der Waals surface area (Å²) >= 11 is 0. The molecule has 2 aromatic rings. The molecule has 0 spiro atoms. The van der Waals surface area contributed by atoms with Gasteiger partial charge in [0.05, 0.1) is 11.9 Å². The number of benzene rings is 2. The standard InChI is InChI=1S/C16H18O2S/c1-18-12-13-19(17)16(14-8-4-2-5-9-14)15-10-6-3-7-11-15/h2-11,16H,12-13H2,1H3/t19-/m0/s1. The lowest BCUT2D eigenvalue weighted by Gasteiger charge is -2.17. The summed E-state index contributed by atoms with van der Waals surface area (Å²) in [7, 11) is 0.652. The number of hydrogen-bond donors (Lipinski definition) is 0. The molecule has 0 N–H and O–H groups in total. The van der Waals surface area contributed by atoms with Gasteiger partial charge >= 0.3 is 0 Å². The lowest BCUT2D eigenvalue weighted by molar-refractivity contribution is 0.218. The minimum atomic E-state index is -0.985. The molecule has 2 aromatic carbocycles. The Morgan fingerprint density at radius 1 is 0.947 bits per heavy atom. The predicted octanol–water partition coefficient (Wildman–Crippen LogP) is 3.17. The molecule has 0 radical (unpaired) electrons. The van der Waals surface area contributed by atoms with Crippen molar-refractivity contribution in [2.45, 2.75) is 5.25 Å². The molecule has 0 aliphatic rings. The maximum atomic E-state index is 12.5. The van der Waals surface area contributed by atoms with E-state index in [1.165, 1.54) is 0 Å². The number of methoxy groups -OCH3 is 1. The summed E-state index contributed by atoms with van der Waals surface area (Å²) < 4.78 is 17.6. The van der Waals surface area contributed by atoms with E-state index in [1.54, 1.807) is 7.11 Å². The fourth-order valence-corrected chi connectivity index (χ4v) is 3.52. The zero-order valence-electron chi connectivity index (χ0n) is 11.0. The van der Waals surface area contributed by atoms with Crippen molar-refractivity contribution in [3.05, 3.63) is 71.8 Å². The molecule has 0 aliphatic carbocycles. The van der Waals surface area contributed by atoms with Crippen molar-refractivity contribution in [3.8, 4) is 0 Å². The Morgan fingerprint density at radius 3 is 1.84 bits per heavy atom. The SMILES string of the molecule is COCC[S@](=O)C(c1ccccc1)c1ccccc1. The summed E-state index contributed by atoms with van der Waals surface area (Å²) in [6.45, 7) is 0.517. The maximum Gasteiger partial charge on any atom is 0.0847 e. The third-order valence-corrected chi connectivity index (χ3v) is 4.60. The third kappa shape index (κ3) is 3.75. The van der Waals surface area contributed by atoms with Crippen molar-refractivity contribution < 1.29 is 8.95 Å². The summed E-state index contributed by atoms with van der Waals surface area (Å²) in [5.74, 6) is 0.547. The highest BCUT2D eigenvalue weighted by Gasteiger charge is 2.20. The van der Waals surface area contributed by atoms with Gasteiger partial charge in [-0.25, -0.2) is 0 Å². The molecule has 0 aromatic heterocycles. The molecule has 2 nitrogen and oxygen atoms in total. The minimum absolute atomic E-state index is 0.0856. The number of ether oxygens (including phenoxy) is 1. The van der Waals surface area contributed by atoms with Crippen molar-refractivity contribution >= 4 is 10.8 Å². The van der Waals surface area contributed by atoms with E-state index in [1.807, 2.05) is 60.7 Å². The van der Waals surface area contributed by atoms with Crippen molar-refractivity contribution in [2.24, 2.45) is 0 Å². The second kappa shape index (κ2) is 7.22. The Kier molecular flexibility index (Phi) is 5.31. The minimum Gasteiger partial charge on any atom is -0.384 e. The van der Waals surface area contributed by atoms with Crippen molar-refractivity contribution in [2.75, 3.05) is 19.5 Å². The summed E-state index contributed by atoms with van der Waals surface area (Å²) in [6, 6.07) is 20.0. The summed E-state index contributed by atoms with van der Waals surface area (Å²) in [5, 5.41) is -0.0856. The highest BCUT2D eigenvalue weighted by Crippen LogP contribution is 2.28. The first-order valence-corrected chi connectivity index (χ1v) is 7.67. The van der Waals surface area contributed by atoms with Gasteiger partial charge in [0.2, 0.25) is 0 Å². The van der Waals surface area contributed by atoms with Gasteiger partial charge in [-0.15, -0.1) is 0 Å². The lowest BCUT2D eigenvalue weighted by atomic mass is 10.0.